The fraction of sp³-hybridized carbons (Fsp3) is 0.250. The topological polar surface area (TPSA) is 0 Å². The highest BCUT2D eigenvalue weighted by Crippen LogP contribution is 2.15. The van der Waals surface area contributed by atoms with Gasteiger partial charge >= 0.3 is 0 Å². The molecule has 9 heavy (non-hydrogen) atoms. The Bertz CT molecular complexity index is 216. The van der Waals surface area contributed by atoms with Crippen LogP contribution in [-0.4, -0.2) is 0 Å². The second-order valence-electron chi connectivity index (χ2n) is 2.15. The van der Waals surface area contributed by atoms with Crippen LogP contribution in [0.1, 0.15) is 11.1 Å². The summed E-state index contributed by atoms with van der Waals surface area (Å²) in [5.41, 5.74) is 2.46. The summed E-state index contributed by atoms with van der Waals surface area (Å²) >= 11 is 3.40. The van der Waals surface area contributed by atoms with Gasteiger partial charge in [0.25, 0.3) is 0 Å². The summed E-state index contributed by atoms with van der Waals surface area (Å²) in [7, 11) is 0. The van der Waals surface area contributed by atoms with Gasteiger partial charge in [-0.2, -0.15) is 0 Å². The Balaban J connectivity index is 3.17. The van der Waals surface area contributed by atoms with E-state index in [0.717, 1.165) is 4.47 Å². The first-order valence-corrected chi connectivity index (χ1v) is 3.64. The lowest BCUT2D eigenvalue weighted by molar-refractivity contribution is 1.35. The molecule has 1 radical (unpaired) electrons. The quantitative estimate of drug-likeness (QED) is 0.581. The van der Waals surface area contributed by atoms with Gasteiger partial charge in [-0.3, -0.25) is 0 Å². The number of halogens is 1. The summed E-state index contributed by atoms with van der Waals surface area (Å²) in [5.74, 6) is 0. The summed E-state index contributed by atoms with van der Waals surface area (Å²) in [5, 5.41) is 0. The van der Waals surface area contributed by atoms with E-state index in [1.165, 1.54) is 11.1 Å². The molecule has 1 heteroatoms. The Morgan fingerprint density at radius 3 is 2.56 bits per heavy atom. The van der Waals surface area contributed by atoms with E-state index in [1.807, 2.05) is 13.0 Å². The summed E-state index contributed by atoms with van der Waals surface area (Å²) in [6.45, 7) is 4.12. The predicted molar refractivity (Wildman–Crippen MR) is 42.5 cm³/mol. The van der Waals surface area contributed by atoms with Crippen molar-refractivity contribution in [2.24, 2.45) is 0 Å². The first-order valence-electron chi connectivity index (χ1n) is 2.84. The van der Waals surface area contributed by atoms with E-state index in [4.69, 9.17) is 0 Å². The maximum absolute atomic E-state index is 3.40. The van der Waals surface area contributed by atoms with Gasteiger partial charge in [-0.1, -0.05) is 22.0 Å². The van der Waals surface area contributed by atoms with E-state index >= 15 is 0 Å². The normalized spacial score (nSPS) is 9.67. The second-order valence-corrected chi connectivity index (χ2v) is 3.00. The number of hydrogen-bond acceptors (Lipinski definition) is 0. The Hall–Kier alpha value is -0.300. The SMILES string of the molecule is Cc1[c]cc(Br)c(C)c1. The van der Waals surface area contributed by atoms with Gasteiger partial charge in [-0.15, -0.1) is 0 Å². The Morgan fingerprint density at radius 1 is 1.44 bits per heavy atom. The van der Waals surface area contributed by atoms with Crippen LogP contribution in [0.15, 0.2) is 16.6 Å². The molecule has 0 aliphatic carbocycles. The van der Waals surface area contributed by atoms with Crippen LogP contribution in [0.3, 0.4) is 0 Å². The van der Waals surface area contributed by atoms with Crippen molar-refractivity contribution in [3.63, 3.8) is 0 Å². The molecule has 1 aromatic carbocycles. The molecule has 0 aliphatic rings. The number of aryl methyl sites for hydroxylation is 2. The summed E-state index contributed by atoms with van der Waals surface area (Å²) < 4.78 is 1.13. The van der Waals surface area contributed by atoms with Crippen LogP contribution < -0.4 is 0 Å². The summed E-state index contributed by atoms with van der Waals surface area (Å²) in [6, 6.07) is 7.14. The van der Waals surface area contributed by atoms with Crippen molar-refractivity contribution in [2.75, 3.05) is 0 Å². The third kappa shape index (κ3) is 1.55. The van der Waals surface area contributed by atoms with Crippen LogP contribution in [-0.2, 0) is 0 Å². The van der Waals surface area contributed by atoms with E-state index in [-0.39, 0.29) is 0 Å². The highest BCUT2D eigenvalue weighted by molar-refractivity contribution is 9.10. The average Bonchev–Trinajstić information content (AvgIpc) is 1.80. The second kappa shape index (κ2) is 2.53. The van der Waals surface area contributed by atoms with Gasteiger partial charge in [-0.05, 0) is 37.1 Å². The maximum atomic E-state index is 3.40. The highest BCUT2D eigenvalue weighted by Gasteiger charge is 1.91. The third-order valence-electron chi connectivity index (χ3n) is 1.24. The fourth-order valence-electron chi connectivity index (χ4n) is 0.726. The standard InChI is InChI=1S/C8H8Br/c1-6-3-4-8(9)7(2)5-6/h4-5H,1-2H3. The maximum Gasteiger partial charge on any atom is 0.0210 e. The molecular formula is C8H8Br. The molecule has 0 aromatic heterocycles. The first kappa shape index (κ1) is 6.81. The first-order chi connectivity index (χ1) is 4.20. The van der Waals surface area contributed by atoms with Crippen molar-refractivity contribution in [1.29, 1.82) is 0 Å². The molecule has 0 atom stereocenters. The zero-order valence-electron chi connectivity index (χ0n) is 5.53. The van der Waals surface area contributed by atoms with Crippen LogP contribution in [0.2, 0.25) is 0 Å². The van der Waals surface area contributed by atoms with Crippen LogP contribution >= 0.6 is 15.9 Å². The van der Waals surface area contributed by atoms with Gasteiger partial charge in [-0.25, -0.2) is 0 Å². The largest absolute Gasteiger partial charge is 0.0546 e. The van der Waals surface area contributed by atoms with E-state index < -0.39 is 0 Å². The zero-order chi connectivity index (χ0) is 6.85. The van der Waals surface area contributed by atoms with Gasteiger partial charge < -0.3 is 0 Å². The van der Waals surface area contributed by atoms with Crippen molar-refractivity contribution < 1.29 is 0 Å². The Morgan fingerprint density at radius 2 is 2.11 bits per heavy atom. The predicted octanol–water partition coefficient (Wildman–Crippen LogP) is 2.87. The number of hydrogen-bond donors (Lipinski definition) is 0. The molecule has 47 valence electrons. The van der Waals surface area contributed by atoms with Crippen LogP contribution in [0, 0.1) is 19.9 Å². The molecule has 1 aromatic rings. The molecule has 0 aliphatic heterocycles. The van der Waals surface area contributed by atoms with Crippen LogP contribution in [0.25, 0.3) is 0 Å². The molecule has 0 spiro atoms. The average molecular weight is 184 g/mol. The zero-order valence-corrected chi connectivity index (χ0v) is 7.12. The van der Waals surface area contributed by atoms with Gasteiger partial charge in [0.15, 0.2) is 0 Å². The number of benzene rings is 1. The van der Waals surface area contributed by atoms with E-state index in [9.17, 15) is 0 Å². The molecular weight excluding hydrogens is 176 g/mol. The van der Waals surface area contributed by atoms with E-state index in [1.54, 1.807) is 0 Å². The molecule has 0 fully saturated rings. The molecule has 0 heterocycles. The van der Waals surface area contributed by atoms with Crippen molar-refractivity contribution in [3.05, 3.63) is 33.8 Å². The van der Waals surface area contributed by atoms with E-state index in [0.29, 0.717) is 0 Å². The minimum Gasteiger partial charge on any atom is -0.0546 e. The van der Waals surface area contributed by atoms with Crippen molar-refractivity contribution in [1.82, 2.24) is 0 Å². The molecule has 0 amide bonds. The molecule has 0 bridgehead atoms. The highest BCUT2D eigenvalue weighted by atomic mass is 79.9. The minimum atomic E-state index is 1.13. The third-order valence-corrected chi connectivity index (χ3v) is 2.09. The van der Waals surface area contributed by atoms with E-state index in [2.05, 4.69) is 35.0 Å². The molecule has 0 nitrogen and oxygen atoms in total. The molecule has 1 rings (SSSR count). The van der Waals surface area contributed by atoms with Crippen molar-refractivity contribution in [3.8, 4) is 0 Å². The molecule has 0 saturated carbocycles. The lowest BCUT2D eigenvalue weighted by atomic mass is 10.2. The Kier molecular flexibility index (Phi) is 1.91. The summed E-state index contributed by atoms with van der Waals surface area (Å²) in [4.78, 5) is 0. The lowest BCUT2D eigenvalue weighted by Crippen LogP contribution is -1.76. The van der Waals surface area contributed by atoms with Crippen LogP contribution in [0.5, 0.6) is 0 Å². The lowest BCUT2D eigenvalue weighted by Gasteiger charge is -1.96. The van der Waals surface area contributed by atoms with Crippen LogP contribution in [0.4, 0.5) is 0 Å². The number of rotatable bonds is 0. The molecule has 0 saturated heterocycles. The smallest absolute Gasteiger partial charge is 0.0210 e. The fourth-order valence-corrected chi connectivity index (χ4v) is 0.955. The molecule has 0 unspecified atom stereocenters. The van der Waals surface area contributed by atoms with Gasteiger partial charge in [0.1, 0.15) is 0 Å². The van der Waals surface area contributed by atoms with Gasteiger partial charge in [0, 0.05) is 4.47 Å². The van der Waals surface area contributed by atoms with Gasteiger partial charge in [0.2, 0.25) is 0 Å². The Labute approximate surface area is 64.0 Å². The van der Waals surface area contributed by atoms with Gasteiger partial charge in [0.05, 0.1) is 0 Å². The minimum absolute atomic E-state index is 1.13. The van der Waals surface area contributed by atoms with Crippen molar-refractivity contribution >= 4 is 15.9 Å². The summed E-state index contributed by atoms with van der Waals surface area (Å²) in [6.07, 6.45) is 0. The monoisotopic (exact) mass is 183 g/mol. The van der Waals surface area contributed by atoms with Crippen molar-refractivity contribution in [2.45, 2.75) is 13.8 Å². The molecule has 0 N–H and O–H groups in total.